The summed E-state index contributed by atoms with van der Waals surface area (Å²) in [7, 11) is 0. The maximum atomic E-state index is 13.0. The Morgan fingerprint density at radius 3 is 2.89 bits per heavy atom. The molecule has 18 heavy (non-hydrogen) atoms. The van der Waals surface area contributed by atoms with Crippen molar-refractivity contribution in [1.29, 1.82) is 0 Å². The van der Waals surface area contributed by atoms with Gasteiger partial charge in [-0.25, -0.2) is 8.91 Å². The van der Waals surface area contributed by atoms with Crippen LogP contribution in [0.3, 0.4) is 0 Å². The van der Waals surface area contributed by atoms with Crippen LogP contribution in [0.2, 0.25) is 0 Å². The van der Waals surface area contributed by atoms with Gasteiger partial charge < -0.3 is 10.4 Å². The molecule has 3 rings (SSSR count). The number of hydrogen-bond acceptors (Lipinski definition) is 4. The minimum Gasteiger partial charge on any atom is -0.394 e. The van der Waals surface area contributed by atoms with Crippen LogP contribution >= 0.6 is 0 Å². The van der Waals surface area contributed by atoms with Crippen molar-refractivity contribution in [2.24, 2.45) is 0 Å². The quantitative estimate of drug-likeness (QED) is 0.868. The van der Waals surface area contributed by atoms with E-state index < -0.39 is 0 Å². The molecule has 0 saturated heterocycles. The number of rotatable bonds is 3. The van der Waals surface area contributed by atoms with Crippen LogP contribution in [-0.2, 0) is 0 Å². The average molecular weight is 250 g/mol. The minimum absolute atomic E-state index is 0.0664. The number of fused-ring (bicyclic) bond motifs is 1. The van der Waals surface area contributed by atoms with Gasteiger partial charge in [-0.2, -0.15) is 4.98 Å². The fraction of sp³-hybridized carbons (Fsp3) is 0.500. The lowest BCUT2D eigenvalue weighted by Crippen LogP contribution is -2.39. The second kappa shape index (κ2) is 4.20. The zero-order chi connectivity index (χ0) is 12.6. The van der Waals surface area contributed by atoms with Crippen LogP contribution in [0.25, 0.3) is 5.65 Å². The molecule has 0 bridgehead atoms. The Kier molecular flexibility index (Phi) is 2.66. The number of aliphatic hydroxyl groups is 1. The Morgan fingerprint density at radius 1 is 1.39 bits per heavy atom. The van der Waals surface area contributed by atoms with Crippen molar-refractivity contribution in [2.75, 3.05) is 11.9 Å². The third-order valence-corrected chi connectivity index (χ3v) is 3.54. The van der Waals surface area contributed by atoms with Gasteiger partial charge in [0.1, 0.15) is 5.82 Å². The molecule has 6 heteroatoms. The lowest BCUT2D eigenvalue weighted by Gasteiger charge is -2.26. The maximum Gasteiger partial charge on any atom is 0.243 e. The molecule has 0 unspecified atom stereocenters. The Morgan fingerprint density at radius 2 is 2.17 bits per heavy atom. The monoisotopic (exact) mass is 250 g/mol. The van der Waals surface area contributed by atoms with Crippen molar-refractivity contribution < 1.29 is 9.50 Å². The molecule has 0 aliphatic heterocycles. The Bertz CT molecular complexity index is 562. The first-order valence-electron chi connectivity index (χ1n) is 6.12. The molecule has 0 aromatic carbocycles. The maximum absolute atomic E-state index is 13.0. The van der Waals surface area contributed by atoms with E-state index in [-0.39, 0.29) is 18.0 Å². The highest BCUT2D eigenvalue weighted by atomic mass is 19.1. The molecule has 2 aromatic rings. The van der Waals surface area contributed by atoms with E-state index in [2.05, 4.69) is 15.4 Å². The fourth-order valence-corrected chi connectivity index (χ4v) is 2.52. The van der Waals surface area contributed by atoms with Gasteiger partial charge in [-0.1, -0.05) is 12.8 Å². The molecule has 1 aliphatic rings. The number of halogens is 1. The highest BCUT2D eigenvalue weighted by Crippen LogP contribution is 2.31. The molecule has 0 spiro atoms. The molecule has 1 fully saturated rings. The number of aromatic nitrogens is 3. The van der Waals surface area contributed by atoms with Gasteiger partial charge in [0.25, 0.3) is 0 Å². The van der Waals surface area contributed by atoms with Gasteiger partial charge in [0.15, 0.2) is 5.65 Å². The van der Waals surface area contributed by atoms with Gasteiger partial charge in [0.2, 0.25) is 5.95 Å². The molecule has 5 nitrogen and oxygen atoms in total. The summed E-state index contributed by atoms with van der Waals surface area (Å²) in [4.78, 5) is 4.27. The Labute approximate surface area is 104 Å². The number of nitrogens with zero attached hydrogens (tertiary/aromatic N) is 3. The summed E-state index contributed by atoms with van der Waals surface area (Å²) < 4.78 is 14.4. The molecule has 1 aliphatic carbocycles. The SMILES string of the molecule is OCC1(Nc2nc3ccc(F)cn3n2)CCCC1. The second-order valence-corrected chi connectivity index (χ2v) is 4.86. The summed E-state index contributed by atoms with van der Waals surface area (Å²) in [5.74, 6) is 0.0910. The van der Waals surface area contributed by atoms with Crippen molar-refractivity contribution >= 4 is 11.6 Å². The second-order valence-electron chi connectivity index (χ2n) is 4.86. The zero-order valence-corrected chi connectivity index (χ0v) is 9.93. The minimum atomic E-state index is -0.350. The van der Waals surface area contributed by atoms with Crippen molar-refractivity contribution in [3.05, 3.63) is 24.1 Å². The van der Waals surface area contributed by atoms with Crippen LogP contribution < -0.4 is 5.32 Å². The number of hydrogen-bond donors (Lipinski definition) is 2. The van der Waals surface area contributed by atoms with E-state index in [4.69, 9.17) is 0 Å². The smallest absolute Gasteiger partial charge is 0.243 e. The van der Waals surface area contributed by atoms with Crippen molar-refractivity contribution in [2.45, 2.75) is 31.2 Å². The molecular weight excluding hydrogens is 235 g/mol. The van der Waals surface area contributed by atoms with Crippen LogP contribution in [0.15, 0.2) is 18.3 Å². The van der Waals surface area contributed by atoms with Gasteiger partial charge >= 0.3 is 0 Å². The van der Waals surface area contributed by atoms with E-state index in [1.54, 1.807) is 6.07 Å². The van der Waals surface area contributed by atoms with Crippen molar-refractivity contribution in [3.8, 4) is 0 Å². The van der Waals surface area contributed by atoms with Gasteiger partial charge in [-0.05, 0) is 25.0 Å². The third kappa shape index (κ3) is 1.92. The third-order valence-electron chi connectivity index (χ3n) is 3.54. The van der Waals surface area contributed by atoms with E-state index in [0.717, 1.165) is 25.7 Å². The van der Waals surface area contributed by atoms with E-state index >= 15 is 0 Å². The van der Waals surface area contributed by atoms with Crippen LogP contribution in [0.1, 0.15) is 25.7 Å². The van der Waals surface area contributed by atoms with Crippen LogP contribution in [0, 0.1) is 5.82 Å². The summed E-state index contributed by atoms with van der Waals surface area (Å²) in [6, 6.07) is 2.93. The molecule has 2 heterocycles. The lowest BCUT2D eigenvalue weighted by molar-refractivity contribution is 0.213. The Hall–Kier alpha value is -1.69. The molecule has 1 saturated carbocycles. The number of pyridine rings is 1. The number of aliphatic hydroxyl groups excluding tert-OH is 1. The van der Waals surface area contributed by atoms with Gasteiger partial charge in [-0.15, -0.1) is 5.10 Å². The molecule has 0 atom stereocenters. The first-order chi connectivity index (χ1) is 8.71. The highest BCUT2D eigenvalue weighted by Gasteiger charge is 2.34. The van der Waals surface area contributed by atoms with Crippen LogP contribution in [0.5, 0.6) is 0 Å². The zero-order valence-electron chi connectivity index (χ0n) is 9.93. The van der Waals surface area contributed by atoms with Gasteiger partial charge in [-0.3, -0.25) is 0 Å². The summed E-state index contributed by atoms with van der Waals surface area (Å²) in [6.07, 6.45) is 5.29. The summed E-state index contributed by atoms with van der Waals surface area (Å²) in [6.45, 7) is 0.0664. The lowest BCUT2D eigenvalue weighted by atomic mass is 9.99. The first-order valence-corrected chi connectivity index (χ1v) is 6.12. The Balaban J connectivity index is 1.90. The molecule has 0 amide bonds. The molecule has 2 N–H and O–H groups in total. The van der Waals surface area contributed by atoms with E-state index in [0.29, 0.717) is 11.6 Å². The molecular formula is C12H15FN4O. The molecule has 2 aromatic heterocycles. The predicted molar refractivity (Wildman–Crippen MR) is 64.9 cm³/mol. The number of nitrogens with one attached hydrogen (secondary N) is 1. The van der Waals surface area contributed by atoms with E-state index in [9.17, 15) is 9.50 Å². The van der Waals surface area contributed by atoms with Gasteiger partial charge in [0.05, 0.1) is 18.3 Å². The number of anilines is 1. The topological polar surface area (TPSA) is 62.5 Å². The average Bonchev–Trinajstić information content (AvgIpc) is 2.96. The summed E-state index contributed by atoms with van der Waals surface area (Å²) >= 11 is 0. The van der Waals surface area contributed by atoms with E-state index in [1.165, 1.54) is 16.8 Å². The highest BCUT2D eigenvalue weighted by molar-refractivity contribution is 5.44. The van der Waals surface area contributed by atoms with Crippen LogP contribution in [0.4, 0.5) is 10.3 Å². The largest absolute Gasteiger partial charge is 0.394 e. The van der Waals surface area contributed by atoms with Crippen LogP contribution in [-0.4, -0.2) is 31.9 Å². The fourth-order valence-electron chi connectivity index (χ4n) is 2.52. The summed E-state index contributed by atoms with van der Waals surface area (Å²) in [5.41, 5.74) is 0.272. The summed E-state index contributed by atoms with van der Waals surface area (Å²) in [5, 5.41) is 16.9. The normalized spacial score (nSPS) is 18.3. The van der Waals surface area contributed by atoms with Crippen molar-refractivity contribution in [3.63, 3.8) is 0 Å². The first kappa shape index (κ1) is 11.4. The van der Waals surface area contributed by atoms with Crippen molar-refractivity contribution in [1.82, 2.24) is 14.6 Å². The molecule has 96 valence electrons. The standard InChI is InChI=1S/C12H15FN4O/c13-9-3-4-10-14-11(16-17(10)7-9)15-12(8-18)5-1-2-6-12/h3-4,7,18H,1-2,5-6,8H2,(H,15,16). The predicted octanol–water partition coefficient (Wildman–Crippen LogP) is 1.59. The molecule has 0 radical (unpaired) electrons. The van der Waals surface area contributed by atoms with Gasteiger partial charge in [0, 0.05) is 0 Å². The van der Waals surface area contributed by atoms with E-state index in [1.807, 2.05) is 0 Å².